The lowest BCUT2D eigenvalue weighted by Crippen LogP contribution is -2.62. The maximum atomic E-state index is 12.6. The number of rotatable bonds is 2. The summed E-state index contributed by atoms with van der Waals surface area (Å²) in [6, 6.07) is 6.30. The van der Waals surface area contributed by atoms with Crippen LogP contribution in [0.15, 0.2) is 33.4 Å². The van der Waals surface area contributed by atoms with Gasteiger partial charge in [0, 0.05) is 23.0 Å². The zero-order valence-corrected chi connectivity index (χ0v) is 14.1. The Labute approximate surface area is 138 Å². The van der Waals surface area contributed by atoms with E-state index < -0.39 is 0 Å². The lowest BCUT2D eigenvalue weighted by Gasteiger charge is -2.49. The molecular weight excluding hydrogens is 344 g/mol. The Balaban J connectivity index is 1.55. The van der Waals surface area contributed by atoms with Gasteiger partial charge in [0.15, 0.2) is 0 Å². The third kappa shape index (κ3) is 2.27. The van der Waals surface area contributed by atoms with Crippen molar-refractivity contribution >= 4 is 32.8 Å². The fourth-order valence-electron chi connectivity index (χ4n) is 3.92. The van der Waals surface area contributed by atoms with Gasteiger partial charge in [-0.15, -0.1) is 0 Å². The number of nitrogens with one attached hydrogen (secondary N) is 1. The van der Waals surface area contributed by atoms with Gasteiger partial charge < -0.3 is 9.73 Å². The molecule has 1 aromatic heterocycles. The predicted octanol–water partition coefficient (Wildman–Crippen LogP) is 3.41. The highest BCUT2D eigenvalue weighted by Gasteiger charge is 2.40. The lowest BCUT2D eigenvalue weighted by atomic mass is 9.79. The Morgan fingerprint density at radius 2 is 2.14 bits per heavy atom. The van der Waals surface area contributed by atoms with Gasteiger partial charge in [-0.05, 0) is 72.9 Å². The summed E-state index contributed by atoms with van der Waals surface area (Å²) in [4.78, 5) is 15.1. The number of benzene rings is 1. The lowest BCUT2D eigenvalue weighted by molar-refractivity contribution is 0.0217. The van der Waals surface area contributed by atoms with Gasteiger partial charge in [-0.3, -0.25) is 9.69 Å². The molecule has 2 aromatic rings. The van der Waals surface area contributed by atoms with E-state index in [-0.39, 0.29) is 11.9 Å². The first-order chi connectivity index (χ1) is 10.6. The van der Waals surface area contributed by atoms with Crippen molar-refractivity contribution in [1.29, 1.82) is 0 Å². The summed E-state index contributed by atoms with van der Waals surface area (Å²) in [7, 11) is 0. The molecule has 3 aliphatic rings. The van der Waals surface area contributed by atoms with E-state index in [4.69, 9.17) is 4.42 Å². The SMILES string of the molecule is C[C@H]1[C@H](NC(=O)c2ccc3c(Br)coc3c2)C2CCN1CC2. The minimum absolute atomic E-state index is 0.0000208. The molecule has 0 radical (unpaired) electrons. The van der Waals surface area contributed by atoms with Crippen LogP contribution in [0.4, 0.5) is 0 Å². The third-order valence-corrected chi connectivity index (χ3v) is 5.88. The summed E-state index contributed by atoms with van der Waals surface area (Å²) in [6.07, 6.45) is 4.04. The van der Waals surface area contributed by atoms with Gasteiger partial charge in [-0.1, -0.05) is 0 Å². The van der Waals surface area contributed by atoms with E-state index in [1.807, 2.05) is 18.2 Å². The van der Waals surface area contributed by atoms with E-state index in [1.54, 1.807) is 6.26 Å². The number of piperidine rings is 3. The van der Waals surface area contributed by atoms with E-state index in [0.29, 0.717) is 17.5 Å². The van der Waals surface area contributed by atoms with Crippen LogP contribution < -0.4 is 5.32 Å². The number of hydrogen-bond acceptors (Lipinski definition) is 3. The van der Waals surface area contributed by atoms with Crippen molar-refractivity contribution in [3.63, 3.8) is 0 Å². The van der Waals surface area contributed by atoms with Crippen LogP contribution in [0.25, 0.3) is 11.0 Å². The van der Waals surface area contributed by atoms with Crippen LogP contribution in [0.5, 0.6) is 0 Å². The number of fused-ring (bicyclic) bond motifs is 4. The molecule has 0 spiro atoms. The van der Waals surface area contributed by atoms with Crippen LogP contribution in [0.2, 0.25) is 0 Å². The topological polar surface area (TPSA) is 45.5 Å². The van der Waals surface area contributed by atoms with Crippen molar-refractivity contribution in [2.75, 3.05) is 13.1 Å². The van der Waals surface area contributed by atoms with Gasteiger partial charge in [0.05, 0.1) is 4.47 Å². The first-order valence-electron chi connectivity index (χ1n) is 7.85. The highest BCUT2D eigenvalue weighted by molar-refractivity contribution is 9.10. The number of furan rings is 1. The zero-order chi connectivity index (χ0) is 15.3. The van der Waals surface area contributed by atoms with Crippen molar-refractivity contribution in [3.05, 3.63) is 34.5 Å². The molecule has 1 N–H and O–H groups in total. The van der Waals surface area contributed by atoms with Crippen LogP contribution in [-0.4, -0.2) is 36.0 Å². The molecule has 116 valence electrons. The van der Waals surface area contributed by atoms with Gasteiger partial charge in [-0.25, -0.2) is 0 Å². The summed E-state index contributed by atoms with van der Waals surface area (Å²) in [5.74, 6) is 0.616. The Kier molecular flexibility index (Phi) is 3.50. The summed E-state index contributed by atoms with van der Waals surface area (Å²) < 4.78 is 6.38. The average Bonchev–Trinajstić information content (AvgIpc) is 2.92. The molecule has 0 saturated carbocycles. The second-order valence-electron chi connectivity index (χ2n) is 6.41. The Hall–Kier alpha value is -1.33. The molecule has 5 rings (SSSR count). The third-order valence-electron chi connectivity index (χ3n) is 5.27. The molecular formula is C17H19BrN2O2. The van der Waals surface area contributed by atoms with E-state index in [1.165, 1.54) is 25.9 Å². The Morgan fingerprint density at radius 1 is 1.36 bits per heavy atom. The second kappa shape index (κ2) is 5.39. The van der Waals surface area contributed by atoms with Gasteiger partial charge >= 0.3 is 0 Å². The van der Waals surface area contributed by atoms with Crippen LogP contribution in [0, 0.1) is 5.92 Å². The molecule has 2 bridgehead atoms. The standard InChI is InChI=1S/C17H19BrN2O2/c1-10-16(11-4-6-20(10)7-5-11)19-17(21)12-2-3-13-14(18)9-22-15(13)8-12/h2-3,8-11,16H,4-7H2,1H3,(H,19,21)/t10-,16-/m0/s1. The molecule has 0 unspecified atom stereocenters. The highest BCUT2D eigenvalue weighted by Crippen LogP contribution is 2.32. The van der Waals surface area contributed by atoms with E-state index in [0.717, 1.165) is 15.4 Å². The molecule has 3 fully saturated rings. The van der Waals surface area contributed by atoms with Gasteiger partial charge in [0.2, 0.25) is 0 Å². The van der Waals surface area contributed by atoms with E-state index >= 15 is 0 Å². The molecule has 4 heterocycles. The number of hydrogen-bond donors (Lipinski definition) is 1. The summed E-state index contributed by atoms with van der Waals surface area (Å²) in [6.45, 7) is 4.57. The van der Waals surface area contributed by atoms with Crippen LogP contribution in [0.3, 0.4) is 0 Å². The molecule has 1 amide bonds. The average molecular weight is 363 g/mol. The summed E-state index contributed by atoms with van der Waals surface area (Å²) in [5.41, 5.74) is 1.40. The van der Waals surface area contributed by atoms with Crippen LogP contribution in [0.1, 0.15) is 30.1 Å². The fourth-order valence-corrected chi connectivity index (χ4v) is 4.34. The minimum atomic E-state index is 0.0000208. The van der Waals surface area contributed by atoms with Gasteiger partial charge in [0.1, 0.15) is 11.8 Å². The number of carbonyl (C=O) groups excluding carboxylic acids is 1. The number of carbonyl (C=O) groups is 1. The van der Waals surface area contributed by atoms with Crippen LogP contribution >= 0.6 is 15.9 Å². The van der Waals surface area contributed by atoms with Crippen LogP contribution in [-0.2, 0) is 0 Å². The molecule has 5 heteroatoms. The van der Waals surface area contributed by atoms with Crippen molar-refractivity contribution in [3.8, 4) is 0 Å². The molecule has 1 aromatic carbocycles. The van der Waals surface area contributed by atoms with Crippen molar-refractivity contribution < 1.29 is 9.21 Å². The van der Waals surface area contributed by atoms with Gasteiger partial charge in [0.25, 0.3) is 5.91 Å². The first-order valence-corrected chi connectivity index (χ1v) is 8.64. The second-order valence-corrected chi connectivity index (χ2v) is 7.26. The molecule has 3 saturated heterocycles. The zero-order valence-electron chi connectivity index (χ0n) is 12.5. The summed E-state index contributed by atoms with van der Waals surface area (Å²) in [5, 5.41) is 4.25. The molecule has 2 atom stereocenters. The maximum Gasteiger partial charge on any atom is 0.251 e. The van der Waals surface area contributed by atoms with Crippen molar-refractivity contribution in [1.82, 2.24) is 10.2 Å². The predicted molar refractivity (Wildman–Crippen MR) is 88.9 cm³/mol. The smallest absolute Gasteiger partial charge is 0.251 e. The van der Waals surface area contributed by atoms with E-state index in [9.17, 15) is 4.79 Å². The highest BCUT2D eigenvalue weighted by atomic mass is 79.9. The minimum Gasteiger partial charge on any atom is -0.463 e. The molecule has 0 aliphatic carbocycles. The Morgan fingerprint density at radius 3 is 2.86 bits per heavy atom. The monoisotopic (exact) mass is 362 g/mol. The molecule has 3 aliphatic heterocycles. The van der Waals surface area contributed by atoms with Gasteiger partial charge in [-0.2, -0.15) is 0 Å². The number of halogens is 1. The fraction of sp³-hybridized carbons (Fsp3) is 0.471. The molecule has 4 nitrogen and oxygen atoms in total. The number of amides is 1. The number of nitrogens with zero attached hydrogens (tertiary/aromatic N) is 1. The van der Waals surface area contributed by atoms with Crippen molar-refractivity contribution in [2.45, 2.75) is 31.8 Å². The largest absolute Gasteiger partial charge is 0.463 e. The maximum absolute atomic E-state index is 12.6. The van der Waals surface area contributed by atoms with E-state index in [2.05, 4.69) is 33.1 Å². The van der Waals surface area contributed by atoms with Crippen molar-refractivity contribution in [2.24, 2.45) is 5.92 Å². The molecule has 22 heavy (non-hydrogen) atoms. The quantitative estimate of drug-likeness (QED) is 0.890. The summed E-state index contributed by atoms with van der Waals surface area (Å²) >= 11 is 3.44. The Bertz CT molecular complexity index is 717. The first kappa shape index (κ1) is 14.3. The normalized spacial score (nSPS) is 30.6.